The molecule has 0 bridgehead atoms. The van der Waals surface area contributed by atoms with Crippen molar-refractivity contribution in [2.24, 2.45) is 0 Å². The first-order valence-corrected chi connectivity index (χ1v) is 9.96. The number of H-pyrrole nitrogens is 1. The van der Waals surface area contributed by atoms with Crippen LogP contribution in [0.25, 0.3) is 0 Å². The minimum atomic E-state index is -0.159. The van der Waals surface area contributed by atoms with Crippen LogP contribution in [0.1, 0.15) is 15.9 Å². The Morgan fingerprint density at radius 2 is 1.76 bits per heavy atom. The Hall–Kier alpha value is -3.58. The molecule has 0 aliphatic heterocycles. The number of nitrogens with zero attached hydrogens (tertiary/aromatic N) is 2. The summed E-state index contributed by atoms with van der Waals surface area (Å²) in [6, 6.07) is 24.4. The summed E-state index contributed by atoms with van der Waals surface area (Å²) in [6.45, 7) is 0. The van der Waals surface area contributed by atoms with Crippen LogP contribution in [0.15, 0.2) is 90.3 Å². The first-order chi connectivity index (χ1) is 14.3. The third-order valence-electron chi connectivity index (χ3n) is 4.05. The molecule has 1 heterocycles. The molecule has 0 aliphatic rings. The first-order valence-electron chi connectivity index (χ1n) is 8.98. The second kappa shape index (κ2) is 9.07. The maximum absolute atomic E-state index is 12.6. The number of ether oxygens (including phenoxy) is 1. The number of amides is 1. The molecule has 0 fully saturated rings. The normalized spacial score (nSPS) is 10.5. The van der Waals surface area contributed by atoms with Crippen LogP contribution in [0.5, 0.6) is 11.5 Å². The van der Waals surface area contributed by atoms with Crippen molar-refractivity contribution in [3.05, 3.63) is 96.3 Å². The van der Waals surface area contributed by atoms with Gasteiger partial charge in [-0.15, -0.1) is 0 Å². The third kappa shape index (κ3) is 5.24. The van der Waals surface area contributed by atoms with Gasteiger partial charge < -0.3 is 10.1 Å². The van der Waals surface area contributed by atoms with Crippen molar-refractivity contribution >= 4 is 23.4 Å². The molecule has 0 spiro atoms. The zero-order chi connectivity index (χ0) is 19.9. The molecule has 0 radical (unpaired) electrons. The fourth-order valence-electron chi connectivity index (χ4n) is 2.65. The standard InChI is InChI=1S/C22H18N4O2S/c27-21(17-6-4-5-16(13-17)14-29-22-23-15-24-26-22)25-18-9-11-20(12-10-18)28-19-7-2-1-3-8-19/h1-13,15H,14H2,(H,25,27)(H,23,24,26). The Balaban J connectivity index is 1.36. The number of anilines is 1. The van der Waals surface area contributed by atoms with Gasteiger partial charge in [0.25, 0.3) is 5.91 Å². The van der Waals surface area contributed by atoms with Crippen LogP contribution in [-0.2, 0) is 5.75 Å². The Bertz CT molecular complexity index is 1070. The molecule has 6 nitrogen and oxygen atoms in total. The molecule has 144 valence electrons. The molecule has 3 aromatic carbocycles. The number of aromatic amines is 1. The van der Waals surface area contributed by atoms with Crippen LogP contribution in [-0.4, -0.2) is 21.1 Å². The number of nitrogens with one attached hydrogen (secondary N) is 2. The van der Waals surface area contributed by atoms with E-state index in [0.717, 1.165) is 16.5 Å². The van der Waals surface area contributed by atoms with E-state index < -0.39 is 0 Å². The molecule has 0 saturated carbocycles. The van der Waals surface area contributed by atoms with E-state index in [1.807, 2.05) is 72.8 Å². The lowest BCUT2D eigenvalue weighted by molar-refractivity contribution is 0.102. The van der Waals surface area contributed by atoms with Gasteiger partial charge >= 0.3 is 0 Å². The molecule has 2 N–H and O–H groups in total. The smallest absolute Gasteiger partial charge is 0.255 e. The van der Waals surface area contributed by atoms with Crippen molar-refractivity contribution in [2.75, 3.05) is 5.32 Å². The van der Waals surface area contributed by atoms with E-state index in [0.29, 0.717) is 22.8 Å². The Labute approximate surface area is 172 Å². The van der Waals surface area contributed by atoms with Crippen molar-refractivity contribution in [3.8, 4) is 11.5 Å². The summed E-state index contributed by atoms with van der Waals surface area (Å²) in [6.07, 6.45) is 1.47. The van der Waals surface area contributed by atoms with Gasteiger partial charge in [-0.25, -0.2) is 4.98 Å². The van der Waals surface area contributed by atoms with E-state index in [2.05, 4.69) is 20.5 Å². The molecule has 0 aliphatic carbocycles. The van der Waals surface area contributed by atoms with Gasteiger partial charge in [0.1, 0.15) is 17.8 Å². The molecule has 7 heteroatoms. The average Bonchev–Trinajstić information content (AvgIpc) is 3.28. The summed E-state index contributed by atoms with van der Waals surface area (Å²) in [7, 11) is 0. The predicted octanol–water partition coefficient (Wildman–Crippen LogP) is 5.14. The second-order valence-electron chi connectivity index (χ2n) is 6.17. The van der Waals surface area contributed by atoms with E-state index in [-0.39, 0.29) is 5.91 Å². The summed E-state index contributed by atoms with van der Waals surface area (Å²) in [5, 5.41) is 10.3. The molecular formula is C22H18N4O2S. The summed E-state index contributed by atoms with van der Waals surface area (Å²) in [5.41, 5.74) is 2.34. The number of rotatable bonds is 7. The average molecular weight is 402 g/mol. The topological polar surface area (TPSA) is 79.9 Å². The molecule has 1 aromatic heterocycles. The maximum atomic E-state index is 12.6. The van der Waals surface area contributed by atoms with Crippen molar-refractivity contribution in [1.82, 2.24) is 15.2 Å². The maximum Gasteiger partial charge on any atom is 0.255 e. The quantitative estimate of drug-likeness (QED) is 0.418. The highest BCUT2D eigenvalue weighted by molar-refractivity contribution is 7.98. The fourth-order valence-corrected chi connectivity index (χ4v) is 3.37. The van der Waals surface area contributed by atoms with Crippen LogP contribution >= 0.6 is 11.8 Å². The van der Waals surface area contributed by atoms with Crippen molar-refractivity contribution in [1.29, 1.82) is 0 Å². The largest absolute Gasteiger partial charge is 0.457 e. The highest BCUT2D eigenvalue weighted by atomic mass is 32.2. The Kier molecular flexibility index (Phi) is 5.87. The van der Waals surface area contributed by atoms with Crippen LogP contribution < -0.4 is 10.1 Å². The molecule has 29 heavy (non-hydrogen) atoms. The molecule has 0 atom stereocenters. The Morgan fingerprint density at radius 1 is 0.966 bits per heavy atom. The van der Waals surface area contributed by atoms with Gasteiger partial charge in [0, 0.05) is 17.0 Å². The number of hydrogen-bond donors (Lipinski definition) is 2. The molecule has 0 saturated heterocycles. The van der Waals surface area contributed by atoms with Crippen LogP contribution in [0, 0.1) is 0 Å². The van der Waals surface area contributed by atoms with Crippen molar-refractivity contribution < 1.29 is 9.53 Å². The number of aromatic nitrogens is 3. The molecular weight excluding hydrogens is 384 g/mol. The highest BCUT2D eigenvalue weighted by Crippen LogP contribution is 2.23. The third-order valence-corrected chi connectivity index (χ3v) is 5.00. The van der Waals surface area contributed by atoms with Crippen LogP contribution in [0.4, 0.5) is 5.69 Å². The zero-order valence-corrected chi connectivity index (χ0v) is 16.2. The molecule has 4 aromatic rings. The minimum absolute atomic E-state index is 0.159. The van der Waals surface area contributed by atoms with Gasteiger partial charge in [-0.2, -0.15) is 5.10 Å². The zero-order valence-electron chi connectivity index (χ0n) is 15.4. The van der Waals surface area contributed by atoms with Gasteiger partial charge in [0.05, 0.1) is 0 Å². The minimum Gasteiger partial charge on any atom is -0.457 e. The number of para-hydroxylation sites is 1. The van der Waals surface area contributed by atoms with Crippen molar-refractivity contribution in [3.63, 3.8) is 0 Å². The van der Waals surface area contributed by atoms with E-state index >= 15 is 0 Å². The number of hydrogen-bond acceptors (Lipinski definition) is 5. The van der Waals surface area contributed by atoms with Gasteiger partial charge in [-0.3, -0.25) is 9.89 Å². The monoisotopic (exact) mass is 402 g/mol. The lowest BCUT2D eigenvalue weighted by Crippen LogP contribution is -2.12. The second-order valence-corrected chi connectivity index (χ2v) is 7.14. The number of carbonyl (C=O) groups is 1. The Morgan fingerprint density at radius 3 is 2.52 bits per heavy atom. The molecule has 0 unspecified atom stereocenters. The number of benzene rings is 3. The summed E-state index contributed by atoms with van der Waals surface area (Å²) in [4.78, 5) is 16.7. The summed E-state index contributed by atoms with van der Waals surface area (Å²) in [5.74, 6) is 2.01. The first kappa shape index (κ1) is 18.8. The molecule has 4 rings (SSSR count). The van der Waals surface area contributed by atoms with Gasteiger partial charge in [-0.1, -0.05) is 42.1 Å². The van der Waals surface area contributed by atoms with E-state index in [4.69, 9.17) is 4.74 Å². The predicted molar refractivity (Wildman–Crippen MR) is 113 cm³/mol. The number of thioether (sulfide) groups is 1. The summed E-state index contributed by atoms with van der Waals surface area (Å²) < 4.78 is 5.77. The van der Waals surface area contributed by atoms with Crippen molar-refractivity contribution in [2.45, 2.75) is 10.9 Å². The SMILES string of the molecule is O=C(Nc1ccc(Oc2ccccc2)cc1)c1cccc(CSc2ncn[nH]2)c1. The number of carbonyl (C=O) groups excluding carboxylic acids is 1. The highest BCUT2D eigenvalue weighted by Gasteiger charge is 2.08. The van der Waals surface area contributed by atoms with E-state index in [1.54, 1.807) is 6.07 Å². The van der Waals surface area contributed by atoms with Gasteiger partial charge in [-0.05, 0) is 54.1 Å². The van der Waals surface area contributed by atoms with E-state index in [1.165, 1.54) is 18.1 Å². The fraction of sp³-hybridized carbons (Fsp3) is 0.0455. The van der Waals surface area contributed by atoms with Gasteiger partial charge in [0.2, 0.25) is 0 Å². The lowest BCUT2D eigenvalue weighted by Gasteiger charge is -2.09. The van der Waals surface area contributed by atoms with Gasteiger partial charge in [0.15, 0.2) is 5.16 Å². The molecule has 1 amide bonds. The summed E-state index contributed by atoms with van der Waals surface area (Å²) >= 11 is 1.53. The van der Waals surface area contributed by atoms with E-state index in [9.17, 15) is 4.79 Å². The van der Waals surface area contributed by atoms with Crippen LogP contribution in [0.2, 0.25) is 0 Å². The van der Waals surface area contributed by atoms with Crippen LogP contribution in [0.3, 0.4) is 0 Å². The lowest BCUT2D eigenvalue weighted by atomic mass is 10.1.